The molecule has 1 saturated heterocycles. The van der Waals surface area contributed by atoms with E-state index in [2.05, 4.69) is 72.7 Å². The minimum absolute atomic E-state index is 0.172. The van der Waals surface area contributed by atoms with Crippen LogP contribution in [0.4, 0.5) is 15.1 Å². The van der Waals surface area contributed by atoms with Crippen LogP contribution in [0.1, 0.15) is 31.2 Å². The van der Waals surface area contributed by atoms with Gasteiger partial charge in [-0.05, 0) is 24.5 Å². The quantitative estimate of drug-likeness (QED) is 0.637. The zero-order valence-corrected chi connectivity index (χ0v) is 18.7. The molecule has 2 amide bonds. The first-order valence-electron chi connectivity index (χ1n) is 11.1. The van der Waals surface area contributed by atoms with Crippen LogP contribution in [0.15, 0.2) is 30.5 Å². The van der Waals surface area contributed by atoms with Crippen LogP contribution in [0.25, 0.3) is 10.9 Å². The van der Waals surface area contributed by atoms with Gasteiger partial charge < -0.3 is 14.8 Å². The van der Waals surface area contributed by atoms with E-state index in [1.165, 1.54) is 40.6 Å². The summed E-state index contributed by atoms with van der Waals surface area (Å²) in [6.07, 6.45) is 6.77. The number of hydrogen-bond donors (Lipinski definition) is 2. The average molecular weight is 440 g/mol. The Kier molecular flexibility index (Phi) is 5.78. The number of para-hydroxylation sites is 1. The smallest absolute Gasteiger partial charge is 0.321 e. The van der Waals surface area contributed by atoms with Gasteiger partial charge in [0, 0.05) is 62.9 Å². The van der Waals surface area contributed by atoms with Crippen LogP contribution in [-0.4, -0.2) is 57.9 Å². The van der Waals surface area contributed by atoms with Gasteiger partial charge in [-0.3, -0.25) is 10.2 Å². The van der Waals surface area contributed by atoms with Crippen LogP contribution in [0.2, 0.25) is 0 Å². The van der Waals surface area contributed by atoms with E-state index in [1.807, 2.05) is 0 Å². The van der Waals surface area contributed by atoms with Crippen molar-refractivity contribution in [3.63, 3.8) is 0 Å². The molecular weight excluding hydrogens is 410 g/mol. The van der Waals surface area contributed by atoms with E-state index < -0.39 is 0 Å². The van der Waals surface area contributed by atoms with Gasteiger partial charge in [-0.25, -0.2) is 4.79 Å². The van der Waals surface area contributed by atoms with Gasteiger partial charge in [-0.2, -0.15) is 0 Å². The summed E-state index contributed by atoms with van der Waals surface area (Å²) in [6, 6.07) is 8.70. The predicted octanol–water partition coefficient (Wildman–Crippen LogP) is 3.42. The van der Waals surface area contributed by atoms with Crippen molar-refractivity contribution in [1.82, 2.24) is 25.0 Å². The number of piperazine rings is 1. The number of benzene rings is 1. The van der Waals surface area contributed by atoms with Crippen molar-refractivity contribution in [3.8, 4) is 0 Å². The number of aryl methyl sites for hydroxylation is 1. The number of nitrogens with zero attached hydrogens (tertiary/aromatic N) is 5. The molecule has 1 aliphatic carbocycles. The van der Waals surface area contributed by atoms with Gasteiger partial charge in [0.1, 0.15) is 0 Å². The number of rotatable bonds is 5. The SMILES string of the molecule is Cn1cc(CN2CCN(c3nnc(NC(=O)NC4CCCC4)s3)CC2)c2ccccc21. The number of aromatic nitrogens is 3. The van der Waals surface area contributed by atoms with Crippen LogP contribution in [-0.2, 0) is 13.6 Å². The molecule has 2 N–H and O–H groups in total. The van der Waals surface area contributed by atoms with E-state index in [1.54, 1.807) is 0 Å². The Bertz CT molecular complexity index is 1050. The predicted molar refractivity (Wildman–Crippen MR) is 125 cm³/mol. The summed E-state index contributed by atoms with van der Waals surface area (Å²) in [7, 11) is 2.11. The highest BCUT2D eigenvalue weighted by Crippen LogP contribution is 2.27. The lowest BCUT2D eigenvalue weighted by Gasteiger charge is -2.34. The van der Waals surface area contributed by atoms with Crippen molar-refractivity contribution in [3.05, 3.63) is 36.0 Å². The molecule has 1 aliphatic heterocycles. The fourth-order valence-corrected chi connectivity index (χ4v) is 5.46. The summed E-state index contributed by atoms with van der Waals surface area (Å²) in [5.74, 6) is 0. The van der Waals surface area contributed by atoms with Gasteiger partial charge in [0.25, 0.3) is 0 Å². The van der Waals surface area contributed by atoms with Crippen molar-refractivity contribution < 1.29 is 4.79 Å². The molecular formula is C22H29N7OS. The lowest BCUT2D eigenvalue weighted by atomic mass is 10.1. The molecule has 1 aromatic carbocycles. The van der Waals surface area contributed by atoms with Crippen LogP contribution in [0.5, 0.6) is 0 Å². The number of urea groups is 1. The third-order valence-electron chi connectivity index (χ3n) is 6.34. The molecule has 164 valence electrons. The van der Waals surface area contributed by atoms with Gasteiger partial charge in [0.15, 0.2) is 0 Å². The fourth-order valence-electron chi connectivity index (χ4n) is 4.67. The van der Waals surface area contributed by atoms with E-state index in [-0.39, 0.29) is 6.03 Å². The molecule has 0 spiro atoms. The zero-order chi connectivity index (χ0) is 21.2. The third kappa shape index (κ3) is 4.52. The van der Waals surface area contributed by atoms with E-state index in [9.17, 15) is 4.79 Å². The number of nitrogens with one attached hydrogen (secondary N) is 2. The molecule has 1 saturated carbocycles. The maximum Gasteiger partial charge on any atom is 0.321 e. The van der Waals surface area contributed by atoms with Crippen molar-refractivity contribution in [1.29, 1.82) is 0 Å². The molecule has 9 heteroatoms. The summed E-state index contributed by atoms with van der Waals surface area (Å²) in [6.45, 7) is 4.74. The van der Waals surface area contributed by atoms with Crippen molar-refractivity contribution in [2.24, 2.45) is 7.05 Å². The lowest BCUT2D eigenvalue weighted by Crippen LogP contribution is -2.45. The summed E-state index contributed by atoms with van der Waals surface area (Å²) in [5, 5.41) is 17.1. The topological polar surface area (TPSA) is 78.3 Å². The lowest BCUT2D eigenvalue weighted by molar-refractivity contribution is 0.248. The van der Waals surface area contributed by atoms with Gasteiger partial charge in [0.2, 0.25) is 10.3 Å². The first-order valence-corrected chi connectivity index (χ1v) is 11.9. The van der Waals surface area contributed by atoms with E-state index in [0.29, 0.717) is 11.2 Å². The molecule has 2 fully saturated rings. The van der Waals surface area contributed by atoms with Crippen LogP contribution in [0, 0.1) is 0 Å². The molecule has 0 atom stereocenters. The second-order valence-corrected chi connectivity index (χ2v) is 9.47. The van der Waals surface area contributed by atoms with Gasteiger partial charge in [0.05, 0.1) is 0 Å². The van der Waals surface area contributed by atoms with E-state index >= 15 is 0 Å². The summed E-state index contributed by atoms with van der Waals surface area (Å²) < 4.78 is 2.21. The molecule has 0 bridgehead atoms. The van der Waals surface area contributed by atoms with E-state index in [0.717, 1.165) is 50.7 Å². The molecule has 3 aromatic rings. The third-order valence-corrected chi connectivity index (χ3v) is 7.24. The molecule has 0 radical (unpaired) electrons. The number of fused-ring (bicyclic) bond motifs is 1. The Morgan fingerprint density at radius 2 is 1.90 bits per heavy atom. The first-order chi connectivity index (χ1) is 15.2. The van der Waals surface area contributed by atoms with Gasteiger partial charge in [-0.1, -0.05) is 42.4 Å². The highest BCUT2D eigenvalue weighted by Gasteiger charge is 2.22. The van der Waals surface area contributed by atoms with Gasteiger partial charge >= 0.3 is 6.03 Å². The standard InChI is InChI=1S/C22H29N7OS/c1-27-14-16(18-8-4-5-9-19(18)27)15-28-10-12-29(13-11-28)22-26-25-21(31-22)24-20(30)23-17-6-2-3-7-17/h4-5,8-9,14,17H,2-3,6-7,10-13,15H2,1H3,(H2,23,24,25,30). The number of hydrogen-bond acceptors (Lipinski definition) is 6. The fraction of sp³-hybridized carbons (Fsp3) is 0.500. The van der Waals surface area contributed by atoms with Crippen molar-refractivity contribution in [2.45, 2.75) is 38.3 Å². The minimum atomic E-state index is -0.172. The second kappa shape index (κ2) is 8.84. The van der Waals surface area contributed by atoms with Gasteiger partial charge in [-0.15, -0.1) is 10.2 Å². The summed E-state index contributed by atoms with van der Waals surface area (Å²) in [5.41, 5.74) is 2.66. The molecule has 2 aromatic heterocycles. The summed E-state index contributed by atoms with van der Waals surface area (Å²) in [4.78, 5) is 16.9. The molecule has 8 nitrogen and oxygen atoms in total. The Labute approximate surface area is 186 Å². The van der Waals surface area contributed by atoms with Crippen molar-refractivity contribution in [2.75, 3.05) is 36.4 Å². The monoisotopic (exact) mass is 439 g/mol. The Balaban J connectivity index is 1.14. The van der Waals surface area contributed by atoms with Crippen molar-refractivity contribution >= 4 is 38.5 Å². The Morgan fingerprint density at radius 1 is 1.13 bits per heavy atom. The van der Waals surface area contributed by atoms with Crippen LogP contribution < -0.4 is 15.5 Å². The molecule has 31 heavy (non-hydrogen) atoms. The molecule has 3 heterocycles. The maximum absolute atomic E-state index is 12.2. The number of amides is 2. The highest BCUT2D eigenvalue weighted by atomic mass is 32.1. The largest absolute Gasteiger partial charge is 0.350 e. The van der Waals surface area contributed by atoms with E-state index in [4.69, 9.17) is 0 Å². The normalized spacial score (nSPS) is 18.0. The van der Waals surface area contributed by atoms with Crippen LogP contribution >= 0.6 is 11.3 Å². The molecule has 0 unspecified atom stereocenters. The van der Waals surface area contributed by atoms with Crippen LogP contribution in [0.3, 0.4) is 0 Å². The highest BCUT2D eigenvalue weighted by molar-refractivity contribution is 7.19. The Hall–Kier alpha value is -2.65. The number of anilines is 2. The Morgan fingerprint density at radius 3 is 2.71 bits per heavy atom. The number of carbonyl (C=O) groups is 1. The molecule has 5 rings (SSSR count). The molecule has 2 aliphatic rings. The maximum atomic E-state index is 12.2. The summed E-state index contributed by atoms with van der Waals surface area (Å²) >= 11 is 1.45. The minimum Gasteiger partial charge on any atom is -0.350 e. The first kappa shape index (κ1) is 20.3. The second-order valence-electron chi connectivity index (χ2n) is 8.52. The number of carbonyl (C=O) groups excluding carboxylic acids is 1. The average Bonchev–Trinajstić information content (AvgIpc) is 3.51. The zero-order valence-electron chi connectivity index (χ0n) is 17.9.